The summed E-state index contributed by atoms with van der Waals surface area (Å²) in [5, 5.41) is 3.51. The number of nitrogens with one attached hydrogen (secondary N) is 1. The summed E-state index contributed by atoms with van der Waals surface area (Å²) in [5.74, 6) is 1.05. The largest absolute Gasteiger partial charge is 0.379 e. The smallest absolute Gasteiger partial charge is 0.194 e. The first-order valence-electron chi connectivity index (χ1n) is 12.0. The fourth-order valence-corrected chi connectivity index (χ4v) is 4.89. The molecule has 1 aromatic carbocycles. The second kappa shape index (κ2) is 13.1. The second-order valence-electron chi connectivity index (χ2n) is 8.94. The van der Waals surface area contributed by atoms with Gasteiger partial charge in [0.15, 0.2) is 5.96 Å². The van der Waals surface area contributed by atoms with Gasteiger partial charge in [0, 0.05) is 58.4 Å². The molecule has 3 fully saturated rings. The van der Waals surface area contributed by atoms with E-state index in [-0.39, 0.29) is 24.0 Å². The van der Waals surface area contributed by atoms with Gasteiger partial charge in [-0.15, -0.1) is 24.0 Å². The van der Waals surface area contributed by atoms with Crippen LogP contribution in [0.3, 0.4) is 0 Å². The fourth-order valence-electron chi connectivity index (χ4n) is 4.89. The van der Waals surface area contributed by atoms with Gasteiger partial charge in [0.2, 0.25) is 0 Å². The van der Waals surface area contributed by atoms with Crippen molar-refractivity contribution in [3.8, 4) is 0 Å². The summed E-state index contributed by atoms with van der Waals surface area (Å²) < 4.78 is 11.2. The maximum Gasteiger partial charge on any atom is 0.194 e. The summed E-state index contributed by atoms with van der Waals surface area (Å²) in [6.45, 7) is 15.7. The van der Waals surface area contributed by atoms with Crippen LogP contribution in [0.4, 0.5) is 0 Å². The lowest BCUT2D eigenvalue weighted by atomic mass is 10.1. The monoisotopic (exact) mass is 557 g/mol. The first-order valence-corrected chi connectivity index (χ1v) is 12.0. The quantitative estimate of drug-likeness (QED) is 0.330. The summed E-state index contributed by atoms with van der Waals surface area (Å²) in [5.41, 5.74) is 2.64. The van der Waals surface area contributed by atoms with Crippen molar-refractivity contribution in [2.75, 3.05) is 65.6 Å². The molecule has 32 heavy (non-hydrogen) atoms. The Morgan fingerprint density at radius 1 is 1.09 bits per heavy atom. The van der Waals surface area contributed by atoms with Gasteiger partial charge in [-0.3, -0.25) is 9.80 Å². The highest BCUT2D eigenvalue weighted by Gasteiger charge is 2.30. The molecule has 0 saturated carbocycles. The maximum absolute atomic E-state index is 5.67. The summed E-state index contributed by atoms with van der Waals surface area (Å²) in [7, 11) is 0. The molecule has 4 rings (SSSR count). The molecule has 180 valence electrons. The van der Waals surface area contributed by atoms with Crippen molar-refractivity contribution in [3.63, 3.8) is 0 Å². The molecular formula is C24H40IN5O2. The van der Waals surface area contributed by atoms with Gasteiger partial charge < -0.3 is 19.7 Å². The van der Waals surface area contributed by atoms with Crippen LogP contribution >= 0.6 is 24.0 Å². The number of hydrogen-bond acceptors (Lipinski definition) is 5. The molecule has 0 radical (unpaired) electrons. The number of aliphatic imine (C=N–C) groups is 1. The summed E-state index contributed by atoms with van der Waals surface area (Å²) in [6.07, 6.45) is 1.53. The van der Waals surface area contributed by atoms with Gasteiger partial charge in [-0.1, -0.05) is 24.3 Å². The van der Waals surface area contributed by atoms with Gasteiger partial charge in [-0.2, -0.15) is 0 Å². The molecule has 0 aromatic heterocycles. The minimum absolute atomic E-state index is 0. The van der Waals surface area contributed by atoms with Gasteiger partial charge >= 0.3 is 0 Å². The molecule has 0 aliphatic carbocycles. The Balaban J connectivity index is 0.00000289. The Kier molecular flexibility index (Phi) is 10.5. The van der Waals surface area contributed by atoms with Gasteiger partial charge in [0.05, 0.1) is 32.5 Å². The highest BCUT2D eigenvalue weighted by Crippen LogP contribution is 2.18. The van der Waals surface area contributed by atoms with Crippen LogP contribution in [0.15, 0.2) is 29.3 Å². The number of nitrogens with zero attached hydrogens (tertiary/aromatic N) is 4. The van der Waals surface area contributed by atoms with E-state index in [0.717, 1.165) is 78.1 Å². The zero-order valence-corrected chi connectivity index (χ0v) is 22.0. The SMILES string of the molecule is CCNC(=NCc1cccc(CN2CCOC(C)C2)c1)N1CCC(N2CCOCC2)C1.I. The molecule has 2 atom stereocenters. The molecule has 3 saturated heterocycles. The summed E-state index contributed by atoms with van der Waals surface area (Å²) in [4.78, 5) is 12.5. The van der Waals surface area contributed by atoms with E-state index in [2.05, 4.69) is 58.1 Å². The maximum atomic E-state index is 5.67. The molecule has 8 heteroatoms. The number of ether oxygens (including phenoxy) is 2. The molecule has 3 aliphatic heterocycles. The Morgan fingerprint density at radius 2 is 1.91 bits per heavy atom. The van der Waals surface area contributed by atoms with E-state index >= 15 is 0 Å². The molecule has 0 spiro atoms. The third kappa shape index (κ3) is 7.28. The molecule has 7 nitrogen and oxygen atoms in total. The van der Waals surface area contributed by atoms with E-state index < -0.39 is 0 Å². The standard InChI is InChI=1S/C24H39N5O2.HI/c1-3-25-24(29-8-7-23(19-29)28-10-12-30-13-11-28)26-16-21-5-4-6-22(15-21)18-27-9-14-31-20(2)17-27;/h4-6,15,20,23H,3,7-14,16-19H2,1-2H3,(H,25,26);1H. The minimum atomic E-state index is 0. The van der Waals surface area contributed by atoms with Crippen LogP contribution in [0.1, 0.15) is 31.4 Å². The number of halogens is 1. The average molecular weight is 558 g/mol. The number of rotatable bonds is 6. The minimum Gasteiger partial charge on any atom is -0.379 e. The van der Waals surface area contributed by atoms with Crippen LogP contribution in [0, 0.1) is 0 Å². The van der Waals surface area contributed by atoms with Crippen molar-refractivity contribution in [1.82, 2.24) is 20.0 Å². The summed E-state index contributed by atoms with van der Waals surface area (Å²) >= 11 is 0. The first kappa shape index (κ1) is 25.7. The van der Waals surface area contributed by atoms with E-state index in [1.54, 1.807) is 0 Å². The molecular weight excluding hydrogens is 517 g/mol. The van der Waals surface area contributed by atoms with Crippen molar-refractivity contribution in [1.29, 1.82) is 0 Å². The average Bonchev–Trinajstić information content (AvgIpc) is 3.28. The third-order valence-corrected chi connectivity index (χ3v) is 6.49. The van der Waals surface area contributed by atoms with Crippen molar-refractivity contribution in [2.24, 2.45) is 4.99 Å². The Labute approximate surface area is 210 Å². The fraction of sp³-hybridized carbons (Fsp3) is 0.708. The van der Waals surface area contributed by atoms with Gasteiger partial charge in [-0.25, -0.2) is 4.99 Å². The van der Waals surface area contributed by atoms with Gasteiger partial charge in [0.1, 0.15) is 0 Å². The number of likely N-dealkylation sites (tertiary alicyclic amines) is 1. The highest BCUT2D eigenvalue weighted by atomic mass is 127. The molecule has 1 aromatic rings. The van der Waals surface area contributed by atoms with E-state index in [0.29, 0.717) is 18.7 Å². The Morgan fingerprint density at radius 3 is 2.69 bits per heavy atom. The van der Waals surface area contributed by atoms with Crippen LogP contribution in [-0.2, 0) is 22.6 Å². The van der Waals surface area contributed by atoms with Crippen LogP contribution < -0.4 is 5.32 Å². The van der Waals surface area contributed by atoms with Crippen molar-refractivity contribution >= 4 is 29.9 Å². The lowest BCUT2D eigenvalue weighted by molar-refractivity contribution is -0.0212. The number of guanidine groups is 1. The molecule has 2 unspecified atom stereocenters. The predicted molar refractivity (Wildman–Crippen MR) is 140 cm³/mol. The highest BCUT2D eigenvalue weighted by molar-refractivity contribution is 14.0. The third-order valence-electron chi connectivity index (χ3n) is 6.49. The molecule has 0 bridgehead atoms. The van der Waals surface area contributed by atoms with Crippen molar-refractivity contribution in [2.45, 2.75) is 45.5 Å². The predicted octanol–water partition coefficient (Wildman–Crippen LogP) is 2.40. The zero-order valence-electron chi connectivity index (χ0n) is 19.7. The number of benzene rings is 1. The van der Waals surface area contributed by atoms with Gasteiger partial charge in [-0.05, 0) is 31.4 Å². The van der Waals surface area contributed by atoms with Crippen LogP contribution in [-0.4, -0.2) is 98.4 Å². The lowest BCUT2D eigenvalue weighted by Gasteiger charge is -2.32. The second-order valence-corrected chi connectivity index (χ2v) is 8.94. The Bertz CT molecular complexity index is 728. The van der Waals surface area contributed by atoms with E-state index in [1.807, 2.05) is 0 Å². The van der Waals surface area contributed by atoms with E-state index in [1.165, 1.54) is 17.5 Å². The van der Waals surface area contributed by atoms with Gasteiger partial charge in [0.25, 0.3) is 0 Å². The topological polar surface area (TPSA) is 52.6 Å². The molecule has 0 amide bonds. The van der Waals surface area contributed by atoms with Crippen LogP contribution in [0.2, 0.25) is 0 Å². The first-order chi connectivity index (χ1) is 15.2. The van der Waals surface area contributed by atoms with Crippen LogP contribution in [0.5, 0.6) is 0 Å². The van der Waals surface area contributed by atoms with Crippen molar-refractivity contribution < 1.29 is 9.47 Å². The number of hydrogen-bond donors (Lipinski definition) is 1. The lowest BCUT2D eigenvalue weighted by Crippen LogP contribution is -2.46. The zero-order chi connectivity index (χ0) is 21.5. The van der Waals surface area contributed by atoms with Crippen LogP contribution in [0.25, 0.3) is 0 Å². The van der Waals surface area contributed by atoms with E-state index in [4.69, 9.17) is 14.5 Å². The Hall–Kier alpha value is -0.940. The summed E-state index contributed by atoms with van der Waals surface area (Å²) in [6, 6.07) is 9.52. The van der Waals surface area contributed by atoms with Crippen molar-refractivity contribution in [3.05, 3.63) is 35.4 Å². The molecule has 3 heterocycles. The number of morpholine rings is 2. The molecule has 3 aliphatic rings. The normalized spacial score (nSPS) is 25.6. The van der Waals surface area contributed by atoms with E-state index in [9.17, 15) is 0 Å². The molecule has 1 N–H and O–H groups in total.